The van der Waals surface area contributed by atoms with Gasteiger partial charge in [-0.1, -0.05) is 12.2 Å². The van der Waals surface area contributed by atoms with Crippen molar-refractivity contribution in [1.29, 1.82) is 0 Å². The van der Waals surface area contributed by atoms with Crippen LogP contribution in [0.5, 0.6) is 0 Å². The van der Waals surface area contributed by atoms with Crippen molar-refractivity contribution < 1.29 is 4.79 Å². The second-order valence-corrected chi connectivity index (χ2v) is 2.45. The first-order valence-electron chi connectivity index (χ1n) is 3.53. The van der Waals surface area contributed by atoms with Crippen molar-refractivity contribution in [2.24, 2.45) is 0 Å². The van der Waals surface area contributed by atoms with E-state index in [1.54, 1.807) is 6.08 Å². The minimum absolute atomic E-state index is 0.785. The Morgan fingerprint density at radius 3 is 3.00 bits per heavy atom. The third-order valence-corrected chi connectivity index (χ3v) is 1.50. The lowest BCUT2D eigenvalue weighted by Crippen LogP contribution is -2.12. The SMILES string of the molecule is CN1C=CC(C=CC=O)=CC1. The van der Waals surface area contributed by atoms with Crippen LogP contribution in [-0.2, 0) is 4.79 Å². The molecule has 0 aromatic heterocycles. The quantitative estimate of drug-likeness (QED) is 0.433. The van der Waals surface area contributed by atoms with Gasteiger partial charge in [-0.2, -0.15) is 0 Å². The van der Waals surface area contributed by atoms with Gasteiger partial charge in [-0.05, 0) is 23.9 Å². The van der Waals surface area contributed by atoms with Crippen molar-refractivity contribution in [1.82, 2.24) is 4.90 Å². The number of hydrogen-bond donors (Lipinski definition) is 0. The van der Waals surface area contributed by atoms with Crippen molar-refractivity contribution in [3.05, 3.63) is 36.1 Å². The molecule has 11 heavy (non-hydrogen) atoms. The summed E-state index contributed by atoms with van der Waals surface area (Å²) in [5.41, 5.74) is 1.09. The molecule has 0 spiro atoms. The van der Waals surface area contributed by atoms with Gasteiger partial charge in [0.25, 0.3) is 0 Å². The summed E-state index contributed by atoms with van der Waals surface area (Å²) in [6, 6.07) is 0. The number of aldehydes is 1. The lowest BCUT2D eigenvalue weighted by molar-refractivity contribution is -0.104. The molecule has 0 aromatic carbocycles. The fourth-order valence-electron chi connectivity index (χ4n) is 0.866. The molecule has 0 saturated heterocycles. The first-order valence-corrected chi connectivity index (χ1v) is 3.53. The average Bonchev–Trinajstić information content (AvgIpc) is 2.04. The number of hydrogen-bond acceptors (Lipinski definition) is 2. The third kappa shape index (κ3) is 2.42. The molecule has 0 saturated carbocycles. The zero-order valence-electron chi connectivity index (χ0n) is 6.53. The number of carbonyl (C=O) groups excluding carboxylic acids is 1. The summed E-state index contributed by atoms with van der Waals surface area (Å²) in [5, 5.41) is 0. The van der Waals surface area contributed by atoms with Crippen molar-refractivity contribution in [3.8, 4) is 0 Å². The predicted octanol–water partition coefficient (Wildman–Crippen LogP) is 1.13. The van der Waals surface area contributed by atoms with Gasteiger partial charge in [0.1, 0.15) is 6.29 Å². The fraction of sp³-hybridized carbons (Fsp3) is 0.222. The van der Waals surface area contributed by atoms with Crippen LogP contribution in [0.3, 0.4) is 0 Å². The fourth-order valence-corrected chi connectivity index (χ4v) is 0.866. The van der Waals surface area contributed by atoms with Crippen molar-refractivity contribution in [2.75, 3.05) is 13.6 Å². The Hall–Kier alpha value is -1.31. The maximum absolute atomic E-state index is 9.96. The first kappa shape index (κ1) is 7.79. The Morgan fingerprint density at radius 2 is 2.45 bits per heavy atom. The van der Waals surface area contributed by atoms with E-state index in [1.807, 2.05) is 19.3 Å². The van der Waals surface area contributed by atoms with E-state index in [0.29, 0.717) is 0 Å². The van der Waals surface area contributed by atoms with Crippen molar-refractivity contribution in [2.45, 2.75) is 0 Å². The van der Waals surface area contributed by atoms with Crippen molar-refractivity contribution in [3.63, 3.8) is 0 Å². The van der Waals surface area contributed by atoms with Crippen molar-refractivity contribution >= 4 is 6.29 Å². The van der Waals surface area contributed by atoms with Crippen LogP contribution in [0.25, 0.3) is 0 Å². The summed E-state index contributed by atoms with van der Waals surface area (Å²) >= 11 is 0. The smallest absolute Gasteiger partial charge is 0.142 e. The minimum atomic E-state index is 0.785. The average molecular weight is 149 g/mol. The summed E-state index contributed by atoms with van der Waals surface area (Å²) in [5.74, 6) is 0. The number of rotatable bonds is 2. The summed E-state index contributed by atoms with van der Waals surface area (Å²) in [6.07, 6.45) is 10.1. The molecule has 58 valence electrons. The summed E-state index contributed by atoms with van der Waals surface area (Å²) in [6.45, 7) is 0.912. The highest BCUT2D eigenvalue weighted by Crippen LogP contribution is 2.05. The van der Waals surface area contributed by atoms with Crippen LogP contribution < -0.4 is 0 Å². The molecule has 0 amide bonds. The van der Waals surface area contributed by atoms with E-state index < -0.39 is 0 Å². The van der Waals surface area contributed by atoms with Gasteiger partial charge < -0.3 is 4.90 Å². The van der Waals surface area contributed by atoms with Crippen LogP contribution >= 0.6 is 0 Å². The van der Waals surface area contributed by atoms with E-state index in [4.69, 9.17) is 0 Å². The zero-order valence-corrected chi connectivity index (χ0v) is 6.53. The number of likely N-dealkylation sites (N-methyl/N-ethyl adjacent to an activating group) is 1. The van der Waals surface area contributed by atoms with E-state index in [0.717, 1.165) is 18.4 Å². The van der Waals surface area contributed by atoms with E-state index in [9.17, 15) is 4.79 Å². The van der Waals surface area contributed by atoms with Gasteiger partial charge in [0.15, 0.2) is 0 Å². The second-order valence-electron chi connectivity index (χ2n) is 2.45. The minimum Gasteiger partial charge on any atom is -0.377 e. The molecule has 0 N–H and O–H groups in total. The largest absolute Gasteiger partial charge is 0.377 e. The second kappa shape index (κ2) is 3.76. The van der Waals surface area contributed by atoms with Gasteiger partial charge in [0, 0.05) is 13.6 Å². The van der Waals surface area contributed by atoms with Crippen LogP contribution in [0.15, 0.2) is 36.1 Å². The van der Waals surface area contributed by atoms with Gasteiger partial charge >= 0.3 is 0 Å². The molecule has 0 aromatic rings. The monoisotopic (exact) mass is 149 g/mol. The Labute approximate surface area is 66.5 Å². The Bertz CT molecular complexity index is 226. The zero-order chi connectivity index (χ0) is 8.10. The molecule has 0 atom stereocenters. The molecular formula is C9H11NO. The molecule has 0 bridgehead atoms. The highest BCUT2D eigenvalue weighted by Gasteiger charge is 1.95. The summed E-state index contributed by atoms with van der Waals surface area (Å²) in [7, 11) is 2.01. The summed E-state index contributed by atoms with van der Waals surface area (Å²) < 4.78 is 0. The molecule has 1 heterocycles. The lowest BCUT2D eigenvalue weighted by atomic mass is 10.2. The van der Waals surface area contributed by atoms with E-state index in [-0.39, 0.29) is 0 Å². The molecule has 1 aliphatic rings. The number of nitrogens with zero attached hydrogens (tertiary/aromatic N) is 1. The van der Waals surface area contributed by atoms with E-state index in [1.165, 1.54) is 6.08 Å². The molecular weight excluding hydrogens is 138 g/mol. The molecule has 1 aliphatic heterocycles. The van der Waals surface area contributed by atoms with Crippen LogP contribution in [0.2, 0.25) is 0 Å². The molecule has 0 aliphatic carbocycles. The van der Waals surface area contributed by atoms with Crippen LogP contribution in [0.1, 0.15) is 0 Å². The predicted molar refractivity (Wildman–Crippen MR) is 45.1 cm³/mol. The van der Waals surface area contributed by atoms with Gasteiger partial charge in [-0.3, -0.25) is 4.79 Å². The Kier molecular flexibility index (Phi) is 2.66. The van der Waals surface area contributed by atoms with E-state index >= 15 is 0 Å². The number of carbonyl (C=O) groups is 1. The topological polar surface area (TPSA) is 20.3 Å². The highest BCUT2D eigenvalue weighted by molar-refractivity contribution is 5.66. The molecule has 0 radical (unpaired) electrons. The van der Waals surface area contributed by atoms with Gasteiger partial charge in [0.05, 0.1) is 0 Å². The lowest BCUT2D eigenvalue weighted by Gasteiger charge is -2.15. The van der Waals surface area contributed by atoms with Gasteiger partial charge in [-0.15, -0.1) is 0 Å². The molecule has 1 rings (SSSR count). The standard InChI is InChI=1S/C9H11NO/c1-10-6-4-9(5-7-10)3-2-8-11/h2-6,8H,7H2,1H3. The van der Waals surface area contributed by atoms with E-state index in [2.05, 4.69) is 11.0 Å². The van der Waals surface area contributed by atoms with Crippen LogP contribution in [0, 0.1) is 0 Å². The van der Waals surface area contributed by atoms with Gasteiger partial charge in [0.2, 0.25) is 0 Å². The number of allylic oxidation sites excluding steroid dienone is 4. The Morgan fingerprint density at radius 1 is 1.64 bits per heavy atom. The first-order chi connectivity index (χ1) is 5.33. The maximum atomic E-state index is 9.96. The van der Waals surface area contributed by atoms with Crippen LogP contribution in [0.4, 0.5) is 0 Å². The van der Waals surface area contributed by atoms with Gasteiger partial charge in [-0.25, -0.2) is 0 Å². The molecule has 2 heteroatoms. The maximum Gasteiger partial charge on any atom is 0.142 e. The Balaban J connectivity index is 2.56. The third-order valence-electron chi connectivity index (χ3n) is 1.50. The normalized spacial score (nSPS) is 17.2. The molecule has 0 fully saturated rings. The molecule has 2 nitrogen and oxygen atoms in total. The molecule has 0 unspecified atom stereocenters. The highest BCUT2D eigenvalue weighted by atomic mass is 16.1. The summed E-state index contributed by atoms with van der Waals surface area (Å²) in [4.78, 5) is 12.0. The van der Waals surface area contributed by atoms with Crippen LogP contribution in [-0.4, -0.2) is 24.8 Å².